The van der Waals surface area contributed by atoms with E-state index in [1.807, 2.05) is 18.2 Å². The Hall–Kier alpha value is -1.39. The summed E-state index contributed by atoms with van der Waals surface area (Å²) in [6, 6.07) is 10.4. The molecule has 2 aliphatic rings. The van der Waals surface area contributed by atoms with Crippen molar-refractivity contribution in [2.45, 2.75) is 50.3 Å². The molecular formula is C17H24N2O2. The van der Waals surface area contributed by atoms with Crippen LogP contribution in [0, 0.1) is 5.92 Å². The van der Waals surface area contributed by atoms with Crippen molar-refractivity contribution in [3.8, 4) is 0 Å². The number of benzene rings is 1. The van der Waals surface area contributed by atoms with E-state index in [4.69, 9.17) is 10.5 Å². The van der Waals surface area contributed by atoms with Gasteiger partial charge in [-0.05, 0) is 31.2 Å². The molecule has 114 valence electrons. The van der Waals surface area contributed by atoms with Crippen LogP contribution in [0.3, 0.4) is 0 Å². The topological polar surface area (TPSA) is 64.4 Å². The minimum atomic E-state index is -0.0209. The number of hydrogen-bond donors (Lipinski definition) is 2. The second kappa shape index (κ2) is 6.58. The molecule has 4 heteroatoms. The summed E-state index contributed by atoms with van der Waals surface area (Å²) in [6.45, 7) is 0.703. The lowest BCUT2D eigenvalue weighted by Gasteiger charge is -2.28. The van der Waals surface area contributed by atoms with Gasteiger partial charge in [0.25, 0.3) is 0 Å². The summed E-state index contributed by atoms with van der Waals surface area (Å²) in [6.07, 6.45) is 4.74. The fraction of sp³-hybridized carbons (Fsp3) is 0.588. The fourth-order valence-electron chi connectivity index (χ4n) is 3.47. The molecule has 4 atom stereocenters. The van der Waals surface area contributed by atoms with Crippen LogP contribution >= 0.6 is 0 Å². The molecule has 2 fully saturated rings. The SMILES string of the molecule is NC1CCCC(C(=O)NC2CCOC2c2ccccc2)C1. The van der Waals surface area contributed by atoms with Gasteiger partial charge in [0.1, 0.15) is 6.10 Å². The van der Waals surface area contributed by atoms with E-state index < -0.39 is 0 Å². The third-order valence-electron chi connectivity index (χ3n) is 4.63. The highest BCUT2D eigenvalue weighted by Crippen LogP contribution is 2.30. The van der Waals surface area contributed by atoms with Crippen LogP contribution in [0.15, 0.2) is 30.3 Å². The van der Waals surface area contributed by atoms with Crippen molar-refractivity contribution in [2.75, 3.05) is 6.61 Å². The average Bonchev–Trinajstić information content (AvgIpc) is 2.96. The van der Waals surface area contributed by atoms with E-state index in [1.54, 1.807) is 0 Å². The van der Waals surface area contributed by atoms with Crippen molar-refractivity contribution in [1.29, 1.82) is 0 Å². The predicted molar refractivity (Wildman–Crippen MR) is 81.6 cm³/mol. The maximum Gasteiger partial charge on any atom is 0.223 e. The fourth-order valence-corrected chi connectivity index (χ4v) is 3.47. The molecule has 1 aliphatic heterocycles. The van der Waals surface area contributed by atoms with Crippen LogP contribution < -0.4 is 11.1 Å². The highest BCUT2D eigenvalue weighted by molar-refractivity contribution is 5.79. The minimum Gasteiger partial charge on any atom is -0.371 e. The maximum absolute atomic E-state index is 12.5. The zero-order valence-electron chi connectivity index (χ0n) is 12.3. The first-order valence-electron chi connectivity index (χ1n) is 7.96. The summed E-state index contributed by atoms with van der Waals surface area (Å²) in [4.78, 5) is 12.5. The lowest BCUT2D eigenvalue weighted by molar-refractivity contribution is -0.127. The van der Waals surface area contributed by atoms with E-state index in [0.29, 0.717) is 6.61 Å². The van der Waals surface area contributed by atoms with E-state index in [0.717, 1.165) is 37.7 Å². The van der Waals surface area contributed by atoms with Crippen LogP contribution in [0.1, 0.15) is 43.8 Å². The summed E-state index contributed by atoms with van der Waals surface area (Å²) in [5.74, 6) is 0.229. The summed E-state index contributed by atoms with van der Waals surface area (Å²) in [5, 5.41) is 3.20. The smallest absolute Gasteiger partial charge is 0.223 e. The average molecular weight is 288 g/mol. The first kappa shape index (κ1) is 14.5. The first-order chi connectivity index (χ1) is 10.2. The first-order valence-corrected chi connectivity index (χ1v) is 7.96. The van der Waals surface area contributed by atoms with Crippen molar-refractivity contribution in [3.63, 3.8) is 0 Å². The molecule has 3 rings (SSSR count). The molecule has 3 N–H and O–H groups in total. The molecule has 4 unspecified atom stereocenters. The van der Waals surface area contributed by atoms with Gasteiger partial charge in [0, 0.05) is 18.6 Å². The number of carbonyl (C=O) groups is 1. The largest absolute Gasteiger partial charge is 0.371 e. The van der Waals surface area contributed by atoms with Crippen molar-refractivity contribution in [3.05, 3.63) is 35.9 Å². The Balaban J connectivity index is 1.62. The summed E-state index contributed by atoms with van der Waals surface area (Å²) < 4.78 is 5.82. The molecule has 0 aromatic heterocycles. The molecule has 0 radical (unpaired) electrons. The van der Waals surface area contributed by atoms with Gasteiger partial charge in [0.15, 0.2) is 0 Å². The quantitative estimate of drug-likeness (QED) is 0.895. The van der Waals surface area contributed by atoms with Crippen molar-refractivity contribution < 1.29 is 9.53 Å². The predicted octanol–water partition coefficient (Wildman–Crippen LogP) is 2.15. The molecule has 1 saturated heterocycles. The minimum absolute atomic E-state index is 0.0209. The third-order valence-corrected chi connectivity index (χ3v) is 4.63. The van der Waals surface area contributed by atoms with E-state index >= 15 is 0 Å². The van der Waals surface area contributed by atoms with Crippen LogP contribution in [0.2, 0.25) is 0 Å². The van der Waals surface area contributed by atoms with Crippen LogP contribution in [-0.2, 0) is 9.53 Å². The molecule has 1 aromatic rings. The van der Waals surface area contributed by atoms with Crippen LogP contribution in [0.4, 0.5) is 0 Å². The van der Waals surface area contributed by atoms with Gasteiger partial charge in [-0.2, -0.15) is 0 Å². The normalized spacial score (nSPS) is 32.8. The summed E-state index contributed by atoms with van der Waals surface area (Å²) in [7, 11) is 0. The Morgan fingerprint density at radius 1 is 1.19 bits per heavy atom. The number of rotatable bonds is 3. The monoisotopic (exact) mass is 288 g/mol. The van der Waals surface area contributed by atoms with Gasteiger partial charge in [-0.3, -0.25) is 4.79 Å². The zero-order chi connectivity index (χ0) is 14.7. The number of hydrogen-bond acceptors (Lipinski definition) is 3. The number of nitrogens with one attached hydrogen (secondary N) is 1. The molecule has 1 saturated carbocycles. The van der Waals surface area contributed by atoms with Crippen LogP contribution in [-0.4, -0.2) is 24.6 Å². The Morgan fingerprint density at radius 3 is 2.76 bits per heavy atom. The molecule has 1 heterocycles. The summed E-state index contributed by atoms with van der Waals surface area (Å²) >= 11 is 0. The van der Waals surface area contributed by atoms with Gasteiger partial charge in [0.2, 0.25) is 5.91 Å². The van der Waals surface area contributed by atoms with E-state index in [2.05, 4.69) is 17.4 Å². The number of nitrogens with two attached hydrogens (primary N) is 1. The Kier molecular flexibility index (Phi) is 4.56. The second-order valence-electron chi connectivity index (χ2n) is 6.23. The van der Waals surface area contributed by atoms with Crippen molar-refractivity contribution >= 4 is 5.91 Å². The molecule has 0 spiro atoms. The van der Waals surface area contributed by atoms with E-state index in [-0.39, 0.29) is 30.0 Å². The lowest BCUT2D eigenvalue weighted by Crippen LogP contribution is -2.43. The molecule has 1 aromatic carbocycles. The van der Waals surface area contributed by atoms with Crippen molar-refractivity contribution in [1.82, 2.24) is 5.32 Å². The van der Waals surface area contributed by atoms with Gasteiger partial charge in [-0.15, -0.1) is 0 Å². The zero-order valence-corrected chi connectivity index (χ0v) is 12.3. The van der Waals surface area contributed by atoms with E-state index in [9.17, 15) is 4.79 Å². The second-order valence-corrected chi connectivity index (χ2v) is 6.23. The highest BCUT2D eigenvalue weighted by Gasteiger charge is 2.33. The standard InChI is InChI=1S/C17H24N2O2/c18-14-8-4-7-13(11-14)17(20)19-15-9-10-21-16(15)12-5-2-1-3-6-12/h1-3,5-6,13-16H,4,7-11,18H2,(H,19,20). The van der Waals surface area contributed by atoms with Crippen molar-refractivity contribution in [2.24, 2.45) is 11.7 Å². The maximum atomic E-state index is 12.5. The number of carbonyl (C=O) groups excluding carboxylic acids is 1. The number of ether oxygens (including phenoxy) is 1. The van der Waals surface area contributed by atoms with Gasteiger partial charge in [-0.1, -0.05) is 36.8 Å². The van der Waals surface area contributed by atoms with Gasteiger partial charge >= 0.3 is 0 Å². The molecule has 1 amide bonds. The van der Waals surface area contributed by atoms with E-state index in [1.165, 1.54) is 0 Å². The number of amides is 1. The van der Waals surface area contributed by atoms with Gasteiger partial charge in [0.05, 0.1) is 6.04 Å². The molecular weight excluding hydrogens is 264 g/mol. The lowest BCUT2D eigenvalue weighted by atomic mass is 9.85. The van der Waals surface area contributed by atoms with Gasteiger partial charge in [-0.25, -0.2) is 0 Å². The molecule has 1 aliphatic carbocycles. The summed E-state index contributed by atoms with van der Waals surface area (Å²) in [5.41, 5.74) is 7.12. The molecule has 21 heavy (non-hydrogen) atoms. The van der Waals surface area contributed by atoms with Gasteiger partial charge < -0.3 is 15.8 Å². The van der Waals surface area contributed by atoms with Crippen LogP contribution in [0.25, 0.3) is 0 Å². The Morgan fingerprint density at radius 2 is 2.00 bits per heavy atom. The third kappa shape index (κ3) is 3.44. The molecule has 4 nitrogen and oxygen atoms in total. The Labute approximate surface area is 126 Å². The Bertz CT molecular complexity index is 477. The van der Waals surface area contributed by atoms with Crippen LogP contribution in [0.5, 0.6) is 0 Å². The highest BCUT2D eigenvalue weighted by atomic mass is 16.5. The molecule has 0 bridgehead atoms.